The lowest BCUT2D eigenvalue weighted by atomic mass is 10.0. The minimum absolute atomic E-state index is 0.0553. The first-order valence-corrected chi connectivity index (χ1v) is 6.15. The molecule has 0 N–H and O–H groups in total. The minimum atomic E-state index is -4.89. The molecule has 0 aliphatic heterocycles. The van der Waals surface area contributed by atoms with Crippen LogP contribution in [0.1, 0.15) is 10.4 Å². The van der Waals surface area contributed by atoms with Crippen LogP contribution in [-0.2, 0) is 4.74 Å². The van der Waals surface area contributed by atoms with Crippen LogP contribution < -0.4 is 4.74 Å². The highest BCUT2D eigenvalue weighted by molar-refractivity contribution is 5.90. The van der Waals surface area contributed by atoms with Crippen LogP contribution in [0.3, 0.4) is 0 Å². The monoisotopic (exact) mass is 332 g/mol. The highest BCUT2D eigenvalue weighted by Crippen LogP contribution is 2.30. The standard InChI is InChI=1S/C15H9F5O3/c1-22-14(21)13-11(16)6-9(7-12(13)17)8-3-2-4-10(5-8)23-15(18,19)20/h2-7H,1H3. The summed E-state index contributed by atoms with van der Waals surface area (Å²) < 4.78 is 72.3. The maximum atomic E-state index is 13.9. The van der Waals surface area contributed by atoms with Crippen molar-refractivity contribution in [3.8, 4) is 16.9 Å². The molecule has 0 aliphatic rings. The van der Waals surface area contributed by atoms with Crippen molar-refractivity contribution >= 4 is 5.97 Å². The second-order valence-corrected chi connectivity index (χ2v) is 4.38. The van der Waals surface area contributed by atoms with E-state index in [1.54, 1.807) is 0 Å². The van der Waals surface area contributed by atoms with Crippen molar-refractivity contribution < 1.29 is 36.2 Å². The lowest BCUT2D eigenvalue weighted by molar-refractivity contribution is -0.274. The maximum Gasteiger partial charge on any atom is 0.573 e. The smallest absolute Gasteiger partial charge is 0.465 e. The summed E-state index contributed by atoms with van der Waals surface area (Å²) in [6.45, 7) is 0. The van der Waals surface area contributed by atoms with E-state index >= 15 is 0 Å². The van der Waals surface area contributed by atoms with Gasteiger partial charge in [0, 0.05) is 0 Å². The summed E-state index contributed by atoms with van der Waals surface area (Å²) in [6, 6.07) is 6.24. The Morgan fingerprint density at radius 1 is 1.00 bits per heavy atom. The van der Waals surface area contributed by atoms with Crippen molar-refractivity contribution in [2.24, 2.45) is 0 Å². The molecule has 0 atom stereocenters. The predicted molar refractivity (Wildman–Crippen MR) is 69.8 cm³/mol. The topological polar surface area (TPSA) is 35.5 Å². The highest BCUT2D eigenvalue weighted by atomic mass is 19.4. The molecule has 0 spiro atoms. The molecule has 0 saturated carbocycles. The first kappa shape index (κ1) is 16.7. The van der Waals surface area contributed by atoms with E-state index < -0.39 is 35.3 Å². The van der Waals surface area contributed by atoms with Crippen molar-refractivity contribution in [3.05, 3.63) is 53.6 Å². The molecule has 0 saturated heterocycles. The Morgan fingerprint density at radius 3 is 2.13 bits per heavy atom. The summed E-state index contributed by atoms with van der Waals surface area (Å²) in [5.74, 6) is -4.10. The number of esters is 1. The third-order valence-electron chi connectivity index (χ3n) is 2.83. The van der Waals surface area contributed by atoms with E-state index in [1.807, 2.05) is 0 Å². The Hall–Kier alpha value is -2.64. The zero-order valence-corrected chi connectivity index (χ0v) is 11.6. The molecule has 0 radical (unpaired) electrons. The van der Waals surface area contributed by atoms with Gasteiger partial charge in [-0.15, -0.1) is 13.2 Å². The van der Waals surface area contributed by atoms with E-state index in [1.165, 1.54) is 12.1 Å². The molecule has 0 unspecified atom stereocenters. The number of ether oxygens (including phenoxy) is 2. The third-order valence-corrected chi connectivity index (χ3v) is 2.83. The number of benzene rings is 2. The number of rotatable bonds is 3. The van der Waals surface area contributed by atoms with Gasteiger partial charge >= 0.3 is 12.3 Å². The van der Waals surface area contributed by atoms with Crippen LogP contribution in [0.2, 0.25) is 0 Å². The van der Waals surface area contributed by atoms with Crippen molar-refractivity contribution in [1.29, 1.82) is 0 Å². The fraction of sp³-hybridized carbons (Fsp3) is 0.133. The zero-order chi connectivity index (χ0) is 17.2. The normalized spacial score (nSPS) is 11.2. The van der Waals surface area contributed by atoms with Crippen molar-refractivity contribution in [3.63, 3.8) is 0 Å². The van der Waals surface area contributed by atoms with E-state index in [0.29, 0.717) is 0 Å². The van der Waals surface area contributed by atoms with E-state index in [4.69, 9.17) is 0 Å². The number of methoxy groups -OCH3 is 1. The number of hydrogen-bond donors (Lipinski definition) is 0. The summed E-state index contributed by atoms with van der Waals surface area (Å²) in [4.78, 5) is 11.3. The van der Waals surface area contributed by atoms with Crippen molar-refractivity contribution in [2.45, 2.75) is 6.36 Å². The third kappa shape index (κ3) is 3.97. The van der Waals surface area contributed by atoms with Crippen LogP contribution in [0.4, 0.5) is 22.0 Å². The van der Waals surface area contributed by atoms with Gasteiger partial charge in [-0.25, -0.2) is 13.6 Å². The second-order valence-electron chi connectivity index (χ2n) is 4.38. The number of alkyl halides is 3. The fourth-order valence-corrected chi connectivity index (χ4v) is 1.91. The van der Waals surface area contributed by atoms with Crippen LogP contribution >= 0.6 is 0 Å². The molecule has 0 heterocycles. The molecule has 0 aromatic heterocycles. The van der Waals surface area contributed by atoms with Crippen LogP contribution in [-0.4, -0.2) is 19.4 Å². The summed E-state index contributed by atoms with van der Waals surface area (Å²) in [5.41, 5.74) is -0.847. The Morgan fingerprint density at radius 2 is 1.61 bits per heavy atom. The Kier molecular flexibility index (Phi) is 4.53. The Bertz CT molecular complexity index is 717. The van der Waals surface area contributed by atoms with Gasteiger partial charge < -0.3 is 9.47 Å². The van der Waals surface area contributed by atoms with Gasteiger partial charge in [-0.3, -0.25) is 0 Å². The molecule has 3 nitrogen and oxygen atoms in total. The molecule has 0 amide bonds. The largest absolute Gasteiger partial charge is 0.573 e. The van der Waals surface area contributed by atoms with Crippen molar-refractivity contribution in [1.82, 2.24) is 0 Å². The van der Waals surface area contributed by atoms with Crippen molar-refractivity contribution in [2.75, 3.05) is 7.11 Å². The van der Waals surface area contributed by atoms with Crippen LogP contribution in [0.5, 0.6) is 5.75 Å². The maximum absolute atomic E-state index is 13.9. The lowest BCUT2D eigenvalue weighted by Gasteiger charge is -2.11. The SMILES string of the molecule is COC(=O)c1c(F)cc(-c2cccc(OC(F)(F)F)c2)cc1F. The number of halogens is 5. The number of carbonyl (C=O) groups is 1. The van der Waals surface area contributed by atoms with Gasteiger partial charge in [0.2, 0.25) is 0 Å². The second kappa shape index (κ2) is 6.23. The molecule has 2 aromatic rings. The summed E-state index contributed by atoms with van der Waals surface area (Å²) in [5, 5.41) is 0. The van der Waals surface area contributed by atoms with Gasteiger partial charge in [0.05, 0.1) is 7.11 Å². The predicted octanol–water partition coefficient (Wildman–Crippen LogP) is 4.32. The first-order valence-electron chi connectivity index (χ1n) is 6.15. The molecular weight excluding hydrogens is 323 g/mol. The molecule has 0 aliphatic carbocycles. The molecule has 2 aromatic carbocycles. The number of hydrogen-bond acceptors (Lipinski definition) is 3. The van der Waals surface area contributed by atoms with E-state index in [2.05, 4.69) is 9.47 Å². The average Bonchev–Trinajstić information content (AvgIpc) is 2.44. The fourth-order valence-electron chi connectivity index (χ4n) is 1.91. The molecule has 0 fully saturated rings. The van der Waals surface area contributed by atoms with Gasteiger partial charge in [0.25, 0.3) is 0 Å². The number of carbonyl (C=O) groups excluding carboxylic acids is 1. The Balaban J connectivity index is 2.43. The quantitative estimate of drug-likeness (QED) is 0.620. The van der Waals surface area contributed by atoms with E-state index in [0.717, 1.165) is 31.4 Å². The van der Waals surface area contributed by atoms with Crippen LogP contribution in [0.25, 0.3) is 11.1 Å². The first-order chi connectivity index (χ1) is 10.7. The molecule has 8 heteroatoms. The Labute approximate surface area is 127 Å². The summed E-state index contributed by atoms with van der Waals surface area (Å²) in [7, 11) is 0.965. The summed E-state index contributed by atoms with van der Waals surface area (Å²) in [6.07, 6.45) is -4.89. The van der Waals surface area contributed by atoms with Gasteiger partial charge in [0.1, 0.15) is 22.9 Å². The molecule has 23 heavy (non-hydrogen) atoms. The van der Waals surface area contributed by atoms with Gasteiger partial charge in [-0.1, -0.05) is 12.1 Å². The molecule has 2 rings (SSSR count). The lowest BCUT2D eigenvalue weighted by Crippen LogP contribution is -2.17. The molecular formula is C15H9F5O3. The van der Waals surface area contributed by atoms with Crippen LogP contribution in [0, 0.1) is 11.6 Å². The van der Waals surface area contributed by atoms with E-state index in [9.17, 15) is 26.7 Å². The highest BCUT2D eigenvalue weighted by Gasteiger charge is 2.31. The van der Waals surface area contributed by atoms with Gasteiger partial charge in [-0.2, -0.15) is 0 Å². The summed E-state index contributed by atoms with van der Waals surface area (Å²) >= 11 is 0. The van der Waals surface area contributed by atoms with Crippen LogP contribution in [0.15, 0.2) is 36.4 Å². The molecule has 0 bridgehead atoms. The zero-order valence-electron chi connectivity index (χ0n) is 11.6. The van der Waals surface area contributed by atoms with E-state index in [-0.39, 0.29) is 11.1 Å². The average molecular weight is 332 g/mol. The molecule has 122 valence electrons. The minimum Gasteiger partial charge on any atom is -0.465 e. The van der Waals surface area contributed by atoms with Gasteiger partial charge in [0.15, 0.2) is 0 Å². The van der Waals surface area contributed by atoms with Gasteiger partial charge in [-0.05, 0) is 35.4 Å².